The highest BCUT2D eigenvalue weighted by molar-refractivity contribution is 5.93. The monoisotopic (exact) mass is 259 g/mol. The van der Waals surface area contributed by atoms with Gasteiger partial charge in [0.15, 0.2) is 5.82 Å². The molecule has 0 saturated carbocycles. The smallest absolute Gasteiger partial charge is 0.232 e. The molecular formula is C14H17N3O2. The lowest BCUT2D eigenvalue weighted by Crippen LogP contribution is -2.16. The van der Waals surface area contributed by atoms with Crippen molar-refractivity contribution in [2.45, 2.75) is 34.1 Å². The molecule has 5 nitrogen and oxygen atoms in total. The third-order valence-corrected chi connectivity index (χ3v) is 2.83. The Morgan fingerprint density at radius 2 is 1.84 bits per heavy atom. The molecular weight excluding hydrogens is 242 g/mol. The lowest BCUT2D eigenvalue weighted by atomic mass is 10.1. The van der Waals surface area contributed by atoms with E-state index in [1.807, 2.05) is 32.9 Å². The third-order valence-electron chi connectivity index (χ3n) is 2.83. The predicted octanol–water partition coefficient (Wildman–Crippen LogP) is 2.48. The zero-order chi connectivity index (χ0) is 14.0. The zero-order valence-corrected chi connectivity index (χ0v) is 11.6. The van der Waals surface area contributed by atoms with E-state index in [1.165, 1.54) is 5.56 Å². The summed E-state index contributed by atoms with van der Waals surface area (Å²) >= 11 is 0. The van der Waals surface area contributed by atoms with Crippen LogP contribution in [-0.2, 0) is 11.2 Å². The second kappa shape index (κ2) is 5.22. The highest BCUT2D eigenvalue weighted by Crippen LogP contribution is 2.21. The molecule has 0 bridgehead atoms. The van der Waals surface area contributed by atoms with E-state index in [0.717, 1.165) is 16.8 Å². The Hall–Kier alpha value is -2.17. The molecule has 19 heavy (non-hydrogen) atoms. The van der Waals surface area contributed by atoms with Crippen LogP contribution in [0.1, 0.15) is 28.4 Å². The molecule has 1 N–H and O–H groups in total. The summed E-state index contributed by atoms with van der Waals surface area (Å²) in [6.07, 6.45) is 0.115. The number of benzene rings is 1. The number of anilines is 1. The summed E-state index contributed by atoms with van der Waals surface area (Å²) in [6.45, 7) is 7.69. The van der Waals surface area contributed by atoms with Crippen LogP contribution in [0, 0.1) is 27.7 Å². The van der Waals surface area contributed by atoms with Crippen LogP contribution < -0.4 is 5.32 Å². The van der Waals surface area contributed by atoms with Crippen molar-refractivity contribution in [3.8, 4) is 0 Å². The van der Waals surface area contributed by atoms with Gasteiger partial charge in [0.25, 0.3) is 0 Å². The highest BCUT2D eigenvalue weighted by atomic mass is 16.5. The average Bonchev–Trinajstić information content (AvgIpc) is 2.69. The minimum Gasteiger partial charge on any atom is -0.340 e. The fourth-order valence-electron chi connectivity index (χ4n) is 2.12. The first-order valence-electron chi connectivity index (χ1n) is 6.12. The molecule has 0 atom stereocenters. The molecule has 0 aliphatic rings. The minimum absolute atomic E-state index is 0.115. The molecule has 0 unspecified atom stereocenters. The summed E-state index contributed by atoms with van der Waals surface area (Å²) in [5.74, 6) is 0.721. The maximum absolute atomic E-state index is 11.9. The first kappa shape index (κ1) is 13.3. The van der Waals surface area contributed by atoms with Crippen molar-refractivity contribution in [2.24, 2.45) is 0 Å². The van der Waals surface area contributed by atoms with E-state index in [2.05, 4.69) is 15.5 Å². The van der Waals surface area contributed by atoms with E-state index in [1.54, 1.807) is 6.92 Å². The van der Waals surface area contributed by atoms with Crippen molar-refractivity contribution in [1.82, 2.24) is 10.1 Å². The topological polar surface area (TPSA) is 68.0 Å². The Morgan fingerprint density at radius 3 is 2.37 bits per heavy atom. The molecule has 0 fully saturated rings. The number of rotatable bonds is 3. The molecule has 1 amide bonds. The van der Waals surface area contributed by atoms with Crippen molar-refractivity contribution < 1.29 is 9.32 Å². The second-order valence-corrected chi connectivity index (χ2v) is 4.73. The van der Waals surface area contributed by atoms with Crippen molar-refractivity contribution in [3.63, 3.8) is 0 Å². The quantitative estimate of drug-likeness (QED) is 0.919. The molecule has 100 valence electrons. The third kappa shape index (κ3) is 3.19. The van der Waals surface area contributed by atoms with Crippen LogP contribution in [0.4, 0.5) is 5.69 Å². The highest BCUT2D eigenvalue weighted by Gasteiger charge is 2.12. The Bertz CT molecular complexity index is 594. The van der Waals surface area contributed by atoms with Gasteiger partial charge < -0.3 is 9.84 Å². The number of carbonyl (C=O) groups is 1. The molecule has 0 saturated heterocycles. The lowest BCUT2D eigenvalue weighted by Gasteiger charge is -2.12. The van der Waals surface area contributed by atoms with Gasteiger partial charge in [0.1, 0.15) is 0 Å². The van der Waals surface area contributed by atoms with Crippen LogP contribution >= 0.6 is 0 Å². The van der Waals surface area contributed by atoms with Gasteiger partial charge in [-0.1, -0.05) is 22.9 Å². The largest absolute Gasteiger partial charge is 0.340 e. The lowest BCUT2D eigenvalue weighted by molar-refractivity contribution is -0.115. The van der Waals surface area contributed by atoms with Gasteiger partial charge in [-0.15, -0.1) is 0 Å². The van der Waals surface area contributed by atoms with Gasteiger partial charge in [-0.2, -0.15) is 4.98 Å². The number of aromatic nitrogens is 2. The van der Waals surface area contributed by atoms with Gasteiger partial charge in [-0.05, 0) is 31.9 Å². The van der Waals surface area contributed by atoms with Crippen LogP contribution in [-0.4, -0.2) is 16.0 Å². The SMILES string of the molecule is Cc1cc(C)c(NC(=O)Cc2noc(C)n2)c(C)c1. The summed E-state index contributed by atoms with van der Waals surface area (Å²) < 4.78 is 4.84. The average molecular weight is 259 g/mol. The van der Waals surface area contributed by atoms with E-state index >= 15 is 0 Å². The van der Waals surface area contributed by atoms with Gasteiger partial charge in [0.2, 0.25) is 11.8 Å². The van der Waals surface area contributed by atoms with Gasteiger partial charge >= 0.3 is 0 Å². The molecule has 0 spiro atoms. The maximum Gasteiger partial charge on any atom is 0.232 e. The first-order chi connectivity index (χ1) is 8.95. The Labute approximate surface area is 112 Å². The Kier molecular flexibility index (Phi) is 3.64. The number of aryl methyl sites for hydroxylation is 4. The number of carbonyl (C=O) groups excluding carboxylic acids is 1. The second-order valence-electron chi connectivity index (χ2n) is 4.73. The van der Waals surface area contributed by atoms with Crippen LogP contribution in [0.2, 0.25) is 0 Å². The van der Waals surface area contributed by atoms with Gasteiger partial charge in [0, 0.05) is 12.6 Å². The van der Waals surface area contributed by atoms with E-state index in [9.17, 15) is 4.79 Å². The van der Waals surface area contributed by atoms with Gasteiger partial charge in [0.05, 0.1) is 6.42 Å². The first-order valence-corrected chi connectivity index (χ1v) is 6.12. The van der Waals surface area contributed by atoms with Crippen molar-refractivity contribution in [2.75, 3.05) is 5.32 Å². The molecule has 2 rings (SSSR count). The van der Waals surface area contributed by atoms with Gasteiger partial charge in [-0.25, -0.2) is 0 Å². The normalized spacial score (nSPS) is 10.5. The number of hydrogen-bond acceptors (Lipinski definition) is 4. The van der Waals surface area contributed by atoms with E-state index in [-0.39, 0.29) is 12.3 Å². The summed E-state index contributed by atoms with van der Waals surface area (Å²) in [5, 5.41) is 6.61. The van der Waals surface area contributed by atoms with E-state index in [4.69, 9.17) is 4.52 Å². The van der Waals surface area contributed by atoms with Crippen molar-refractivity contribution >= 4 is 11.6 Å². The van der Waals surface area contributed by atoms with Crippen molar-refractivity contribution in [1.29, 1.82) is 0 Å². The zero-order valence-electron chi connectivity index (χ0n) is 11.6. The Morgan fingerprint density at radius 1 is 1.21 bits per heavy atom. The summed E-state index contributed by atoms with van der Waals surface area (Å²) in [6, 6.07) is 4.09. The Balaban J connectivity index is 2.11. The molecule has 1 aromatic carbocycles. The molecule has 0 aliphatic heterocycles. The number of hydrogen-bond donors (Lipinski definition) is 1. The van der Waals surface area contributed by atoms with Crippen LogP contribution in [0.5, 0.6) is 0 Å². The predicted molar refractivity (Wildman–Crippen MR) is 72.0 cm³/mol. The number of nitrogens with one attached hydrogen (secondary N) is 1. The van der Waals surface area contributed by atoms with E-state index < -0.39 is 0 Å². The maximum atomic E-state index is 11.9. The molecule has 1 aromatic heterocycles. The van der Waals surface area contributed by atoms with Crippen LogP contribution in [0.3, 0.4) is 0 Å². The minimum atomic E-state index is -0.143. The van der Waals surface area contributed by atoms with Crippen LogP contribution in [0.15, 0.2) is 16.7 Å². The fraction of sp³-hybridized carbons (Fsp3) is 0.357. The summed E-state index contributed by atoms with van der Waals surface area (Å²) in [7, 11) is 0. The fourth-order valence-corrected chi connectivity index (χ4v) is 2.12. The molecule has 2 aromatic rings. The molecule has 5 heteroatoms. The van der Waals surface area contributed by atoms with E-state index in [0.29, 0.717) is 11.7 Å². The molecule has 0 radical (unpaired) electrons. The van der Waals surface area contributed by atoms with Crippen LogP contribution in [0.25, 0.3) is 0 Å². The van der Waals surface area contributed by atoms with Gasteiger partial charge in [-0.3, -0.25) is 4.79 Å². The van der Waals surface area contributed by atoms with Crippen molar-refractivity contribution in [3.05, 3.63) is 40.5 Å². The standard InChI is InChI=1S/C14H17N3O2/c1-8-5-9(2)14(10(3)6-8)16-13(18)7-12-15-11(4)19-17-12/h5-6H,7H2,1-4H3,(H,16,18). The summed E-state index contributed by atoms with van der Waals surface area (Å²) in [4.78, 5) is 16.0. The molecule has 1 heterocycles. The molecule has 0 aliphatic carbocycles. The number of nitrogens with zero attached hydrogens (tertiary/aromatic N) is 2. The number of amides is 1. The summed E-state index contributed by atoms with van der Waals surface area (Å²) in [5.41, 5.74) is 4.14.